The van der Waals surface area contributed by atoms with Crippen molar-refractivity contribution in [3.05, 3.63) is 0 Å². The van der Waals surface area contributed by atoms with Crippen molar-refractivity contribution in [1.29, 1.82) is 0 Å². The van der Waals surface area contributed by atoms with Crippen LogP contribution >= 0.6 is 34.8 Å². The van der Waals surface area contributed by atoms with Crippen LogP contribution in [0.2, 0.25) is 0 Å². The van der Waals surface area contributed by atoms with Gasteiger partial charge in [0.05, 0.1) is 0 Å². The van der Waals surface area contributed by atoms with Crippen LogP contribution in [0.15, 0.2) is 4.99 Å². The van der Waals surface area contributed by atoms with Gasteiger partial charge in [-0.2, -0.15) is 0 Å². The summed E-state index contributed by atoms with van der Waals surface area (Å²) in [4.78, 5) is 28.8. The third kappa shape index (κ3) is 4.02. The van der Waals surface area contributed by atoms with Crippen LogP contribution in [0.3, 0.4) is 0 Å². The summed E-state index contributed by atoms with van der Waals surface area (Å²) in [5.74, 6) is -1.93. The van der Waals surface area contributed by atoms with Crippen molar-refractivity contribution in [2.75, 3.05) is 6.61 Å². The zero-order valence-corrected chi connectivity index (χ0v) is 14.8. The monoisotopic (exact) mass is 357 g/mol. The summed E-state index contributed by atoms with van der Waals surface area (Å²) in [7, 11) is 0. The topological polar surface area (TPSA) is 65.0 Å². The Bertz CT molecular complexity index is 477. The summed E-state index contributed by atoms with van der Waals surface area (Å²) in [5.41, 5.74) is -2.26. The Kier molecular flexibility index (Phi) is 5.24. The second kappa shape index (κ2) is 5.94. The van der Waals surface area contributed by atoms with Crippen LogP contribution in [-0.4, -0.2) is 33.8 Å². The number of carbonyl (C=O) groups is 2. The van der Waals surface area contributed by atoms with Crippen LogP contribution in [0, 0.1) is 11.3 Å². The summed E-state index contributed by atoms with van der Waals surface area (Å²) in [6.07, 6.45) is 0. The predicted molar refractivity (Wildman–Crippen MR) is 81.8 cm³/mol. The van der Waals surface area contributed by atoms with E-state index in [0.29, 0.717) is 0 Å². The lowest BCUT2D eigenvalue weighted by Crippen LogP contribution is -2.49. The minimum absolute atomic E-state index is 0.187. The van der Waals surface area contributed by atoms with Gasteiger partial charge in [0.1, 0.15) is 6.61 Å². The van der Waals surface area contributed by atoms with E-state index in [0.717, 1.165) is 0 Å². The molecule has 0 saturated carbocycles. The first-order chi connectivity index (χ1) is 9.30. The summed E-state index contributed by atoms with van der Waals surface area (Å²) >= 11 is 16.6. The molecule has 0 aromatic carbocycles. The van der Waals surface area contributed by atoms with E-state index in [2.05, 4.69) is 4.99 Å². The largest absolute Gasteiger partial charge is 0.459 e. The Morgan fingerprint density at radius 2 is 1.86 bits per heavy atom. The molecular weight excluding hydrogens is 341 g/mol. The van der Waals surface area contributed by atoms with Gasteiger partial charge >= 0.3 is 11.9 Å². The Hall–Kier alpha value is -0.520. The molecule has 1 atom stereocenters. The number of hydrogen-bond donors (Lipinski definition) is 0. The quantitative estimate of drug-likeness (QED) is 0.441. The fraction of sp³-hybridized carbons (Fsp3) is 0.769. The SMILES string of the molecule is CC(C)[C@@]1(C(=O)OCC(Cl)(Cl)Cl)N=C(C(C)(C)C)OC1=O. The van der Waals surface area contributed by atoms with E-state index < -0.39 is 39.2 Å². The maximum atomic E-state index is 12.3. The van der Waals surface area contributed by atoms with Gasteiger partial charge in [-0.3, -0.25) is 0 Å². The lowest BCUT2D eigenvalue weighted by molar-refractivity contribution is -0.160. The lowest BCUT2D eigenvalue weighted by atomic mass is 9.87. The van der Waals surface area contributed by atoms with Gasteiger partial charge < -0.3 is 9.47 Å². The highest BCUT2D eigenvalue weighted by atomic mass is 35.6. The van der Waals surface area contributed by atoms with E-state index in [1.54, 1.807) is 13.8 Å². The standard InChI is InChI=1S/C13H18Cl3NO4/c1-7(2)13(9(18)20-6-12(14,15)16)10(19)21-8(17-13)11(3,4)5/h7H,6H2,1-5H3/t13-/m0/s1. The zero-order chi connectivity index (χ0) is 16.6. The van der Waals surface area contributed by atoms with E-state index in [1.165, 1.54) is 0 Å². The Balaban J connectivity index is 3.13. The Morgan fingerprint density at radius 3 is 2.19 bits per heavy atom. The third-order valence-electron chi connectivity index (χ3n) is 2.93. The second-order valence-electron chi connectivity index (χ2n) is 6.17. The van der Waals surface area contributed by atoms with Crippen molar-refractivity contribution in [2.45, 2.75) is 44.0 Å². The fourth-order valence-corrected chi connectivity index (χ4v) is 1.87. The fourth-order valence-electron chi connectivity index (χ4n) is 1.70. The van der Waals surface area contributed by atoms with Gasteiger partial charge in [-0.05, 0) is 0 Å². The molecule has 120 valence electrons. The van der Waals surface area contributed by atoms with Crippen molar-refractivity contribution in [3.8, 4) is 0 Å². The number of cyclic esters (lactones) is 1. The maximum Gasteiger partial charge on any atom is 0.352 e. The first kappa shape index (κ1) is 18.5. The number of rotatable bonds is 3. The van der Waals surface area contributed by atoms with Crippen molar-refractivity contribution in [2.24, 2.45) is 16.3 Å². The van der Waals surface area contributed by atoms with Gasteiger partial charge in [-0.1, -0.05) is 69.4 Å². The number of ether oxygens (including phenoxy) is 2. The number of aliphatic imine (C=N–C) groups is 1. The molecule has 0 aromatic rings. The molecule has 1 aliphatic rings. The summed E-state index contributed by atoms with van der Waals surface area (Å²) in [6.45, 7) is 8.34. The summed E-state index contributed by atoms with van der Waals surface area (Å²) < 4.78 is 8.35. The van der Waals surface area contributed by atoms with E-state index >= 15 is 0 Å². The summed E-state index contributed by atoms with van der Waals surface area (Å²) in [6, 6.07) is 0. The molecule has 1 heterocycles. The lowest BCUT2D eigenvalue weighted by Gasteiger charge is -2.24. The molecule has 0 amide bonds. The van der Waals surface area contributed by atoms with Gasteiger partial charge in [-0.25, -0.2) is 14.6 Å². The van der Waals surface area contributed by atoms with Gasteiger partial charge in [0, 0.05) is 11.3 Å². The molecule has 0 aromatic heterocycles. The smallest absolute Gasteiger partial charge is 0.352 e. The average molecular weight is 359 g/mol. The van der Waals surface area contributed by atoms with Crippen LogP contribution in [0.4, 0.5) is 0 Å². The molecule has 0 spiro atoms. The number of hydrogen-bond acceptors (Lipinski definition) is 5. The van der Waals surface area contributed by atoms with E-state index in [-0.39, 0.29) is 5.90 Å². The van der Waals surface area contributed by atoms with Crippen LogP contribution < -0.4 is 0 Å². The molecule has 5 nitrogen and oxygen atoms in total. The minimum Gasteiger partial charge on any atom is -0.459 e. The number of halogens is 3. The van der Waals surface area contributed by atoms with Crippen molar-refractivity contribution in [3.63, 3.8) is 0 Å². The predicted octanol–water partition coefficient (Wildman–Crippen LogP) is 3.30. The molecule has 8 heteroatoms. The first-order valence-electron chi connectivity index (χ1n) is 6.37. The Morgan fingerprint density at radius 1 is 1.33 bits per heavy atom. The number of esters is 2. The molecule has 0 fully saturated rings. The average Bonchev–Trinajstić information content (AvgIpc) is 2.63. The van der Waals surface area contributed by atoms with Gasteiger partial charge in [0.25, 0.3) is 5.54 Å². The van der Waals surface area contributed by atoms with Crippen LogP contribution in [-0.2, 0) is 19.1 Å². The normalized spacial score (nSPS) is 23.1. The first-order valence-corrected chi connectivity index (χ1v) is 7.50. The second-order valence-corrected chi connectivity index (χ2v) is 8.68. The van der Waals surface area contributed by atoms with E-state index in [9.17, 15) is 9.59 Å². The van der Waals surface area contributed by atoms with Crippen LogP contribution in [0.25, 0.3) is 0 Å². The van der Waals surface area contributed by atoms with Crippen molar-refractivity contribution in [1.82, 2.24) is 0 Å². The molecule has 0 saturated heterocycles. The molecule has 0 bridgehead atoms. The number of alkyl halides is 3. The molecule has 0 aliphatic carbocycles. The van der Waals surface area contributed by atoms with E-state index in [1.807, 2.05) is 20.8 Å². The van der Waals surface area contributed by atoms with Gasteiger partial charge in [0.2, 0.25) is 9.69 Å². The highest BCUT2D eigenvalue weighted by Gasteiger charge is 2.58. The van der Waals surface area contributed by atoms with Crippen molar-refractivity contribution < 1.29 is 19.1 Å². The molecule has 21 heavy (non-hydrogen) atoms. The van der Waals surface area contributed by atoms with E-state index in [4.69, 9.17) is 44.3 Å². The number of carbonyl (C=O) groups excluding carboxylic acids is 2. The molecule has 0 radical (unpaired) electrons. The van der Waals surface area contributed by atoms with Crippen molar-refractivity contribution >= 4 is 52.6 Å². The maximum absolute atomic E-state index is 12.3. The van der Waals surface area contributed by atoms with Gasteiger partial charge in [0.15, 0.2) is 0 Å². The van der Waals surface area contributed by atoms with Gasteiger partial charge in [-0.15, -0.1) is 0 Å². The van der Waals surface area contributed by atoms with Crippen LogP contribution in [0.5, 0.6) is 0 Å². The highest BCUT2D eigenvalue weighted by molar-refractivity contribution is 6.67. The highest BCUT2D eigenvalue weighted by Crippen LogP contribution is 2.36. The summed E-state index contributed by atoms with van der Waals surface area (Å²) in [5, 5.41) is 0. The third-order valence-corrected chi connectivity index (χ3v) is 3.26. The Labute approximate surface area is 138 Å². The molecular formula is C13H18Cl3NO4. The molecule has 0 N–H and O–H groups in total. The molecule has 1 aliphatic heterocycles. The molecule has 1 rings (SSSR count). The number of nitrogens with zero attached hydrogens (tertiary/aromatic N) is 1. The van der Waals surface area contributed by atoms with Crippen LogP contribution in [0.1, 0.15) is 34.6 Å². The zero-order valence-electron chi connectivity index (χ0n) is 12.5. The molecule has 0 unspecified atom stereocenters. The minimum atomic E-state index is -1.76.